The molecule has 1 aromatic carbocycles. The number of aromatic nitrogens is 2. The van der Waals surface area contributed by atoms with Gasteiger partial charge in [0.2, 0.25) is 15.9 Å². The number of hydrogen-bond acceptors (Lipinski definition) is 6. The first-order chi connectivity index (χ1) is 16.3. The molecule has 10 heteroatoms. The lowest BCUT2D eigenvalue weighted by Gasteiger charge is -2.25. The molecule has 0 bridgehead atoms. The Morgan fingerprint density at radius 1 is 1.21 bits per heavy atom. The number of benzene rings is 1. The number of carbonyl (C=O) groups excluding carboxylic acids is 1. The largest absolute Gasteiger partial charge is 0.468 e. The first-order valence-electron chi connectivity index (χ1n) is 11.7. The molecule has 1 fully saturated rings. The lowest BCUT2D eigenvalue weighted by Crippen LogP contribution is -2.35. The van der Waals surface area contributed by atoms with Crippen LogP contribution in [0.5, 0.6) is 0 Å². The molecule has 184 valence electrons. The van der Waals surface area contributed by atoms with Gasteiger partial charge in [-0.3, -0.25) is 9.69 Å². The second-order valence-electron chi connectivity index (χ2n) is 9.00. The maximum Gasteiger partial charge on any atom is 0.243 e. The molecule has 1 unspecified atom stereocenters. The van der Waals surface area contributed by atoms with Crippen LogP contribution in [-0.2, 0) is 28.3 Å². The highest BCUT2D eigenvalue weighted by atomic mass is 32.2. The normalized spacial score (nSPS) is 16.2. The van der Waals surface area contributed by atoms with Gasteiger partial charge in [0.05, 0.1) is 28.2 Å². The number of aryl methyl sites for hydroxylation is 2. The smallest absolute Gasteiger partial charge is 0.243 e. The van der Waals surface area contributed by atoms with E-state index in [1.807, 2.05) is 42.7 Å². The molecule has 1 aliphatic rings. The molecule has 0 aliphatic carbocycles. The van der Waals surface area contributed by atoms with Crippen LogP contribution >= 0.6 is 0 Å². The van der Waals surface area contributed by atoms with Crippen LogP contribution in [-0.4, -0.2) is 66.8 Å². The zero-order valence-electron chi connectivity index (χ0n) is 20.0. The molecule has 3 aromatic rings. The number of rotatable bonds is 9. The zero-order chi connectivity index (χ0) is 24.3. The van der Waals surface area contributed by atoms with Crippen molar-refractivity contribution in [3.8, 4) is 0 Å². The Hall–Kier alpha value is -2.69. The molecule has 34 heavy (non-hydrogen) atoms. The predicted molar refractivity (Wildman–Crippen MR) is 130 cm³/mol. The molecule has 4 rings (SSSR count). The molecule has 9 nitrogen and oxygen atoms in total. The lowest BCUT2D eigenvalue weighted by molar-refractivity contribution is -0.121. The number of imidazole rings is 1. The van der Waals surface area contributed by atoms with E-state index in [4.69, 9.17) is 4.42 Å². The quantitative estimate of drug-likeness (QED) is 0.498. The van der Waals surface area contributed by atoms with E-state index in [0.29, 0.717) is 31.6 Å². The van der Waals surface area contributed by atoms with Crippen LogP contribution in [0, 0.1) is 0 Å². The lowest BCUT2D eigenvalue weighted by atomic mass is 10.2. The Kier molecular flexibility index (Phi) is 7.39. The number of furan rings is 1. The highest BCUT2D eigenvalue weighted by Gasteiger charge is 2.26. The number of likely N-dealkylation sites (N-methyl/N-ethyl adjacent to an activating group) is 1. The minimum absolute atomic E-state index is 0.0463. The molecule has 1 saturated heterocycles. The van der Waals surface area contributed by atoms with Gasteiger partial charge in [0.25, 0.3) is 0 Å². The molecule has 2 aromatic heterocycles. The molecule has 0 spiro atoms. The average Bonchev–Trinajstić information content (AvgIpc) is 3.46. The second-order valence-corrected chi connectivity index (χ2v) is 10.9. The minimum atomic E-state index is -3.52. The number of carbonyl (C=O) groups is 1. The summed E-state index contributed by atoms with van der Waals surface area (Å²) in [7, 11) is 2.26. The van der Waals surface area contributed by atoms with Crippen molar-refractivity contribution in [2.45, 2.75) is 43.0 Å². The Labute approximate surface area is 200 Å². The van der Waals surface area contributed by atoms with E-state index >= 15 is 0 Å². The molecule has 1 amide bonds. The number of nitrogens with one attached hydrogen (secondary N) is 1. The van der Waals surface area contributed by atoms with E-state index in [9.17, 15) is 13.2 Å². The van der Waals surface area contributed by atoms with Crippen LogP contribution in [0.15, 0.2) is 45.9 Å². The third-order valence-corrected chi connectivity index (χ3v) is 8.36. The first-order valence-corrected chi connectivity index (χ1v) is 13.1. The summed E-state index contributed by atoms with van der Waals surface area (Å²) in [5, 5.41) is 2.98. The van der Waals surface area contributed by atoms with Gasteiger partial charge in [-0.1, -0.05) is 6.42 Å². The number of nitrogens with zero attached hydrogens (tertiary/aromatic N) is 4. The Balaban J connectivity index is 1.41. The molecule has 1 atom stereocenters. The summed E-state index contributed by atoms with van der Waals surface area (Å²) < 4.78 is 35.0. The standard InChI is InChI=1S/C24H33N5O4S/c1-27(2)21(22-8-7-15-33-22)17-25-24(30)12-11-23-26-19-16-18(9-10-20(19)28(23)3)34(31,32)29-13-5-4-6-14-29/h7-10,15-16,21H,4-6,11-14,17H2,1-3H3,(H,25,30). The molecule has 0 radical (unpaired) electrons. The van der Waals surface area contributed by atoms with Gasteiger partial charge >= 0.3 is 0 Å². The minimum Gasteiger partial charge on any atom is -0.468 e. The monoisotopic (exact) mass is 487 g/mol. The van der Waals surface area contributed by atoms with Gasteiger partial charge in [0, 0.05) is 39.5 Å². The number of sulfonamides is 1. The fourth-order valence-electron chi connectivity index (χ4n) is 4.41. The maximum absolute atomic E-state index is 13.0. The number of piperidine rings is 1. The van der Waals surface area contributed by atoms with Crippen molar-refractivity contribution >= 4 is 27.0 Å². The Morgan fingerprint density at radius 3 is 2.65 bits per heavy atom. The summed E-state index contributed by atoms with van der Waals surface area (Å²) in [6.07, 6.45) is 5.23. The number of amides is 1. The third kappa shape index (κ3) is 5.18. The van der Waals surface area contributed by atoms with Crippen molar-refractivity contribution in [3.05, 3.63) is 48.2 Å². The van der Waals surface area contributed by atoms with Gasteiger partial charge in [0.1, 0.15) is 11.6 Å². The van der Waals surface area contributed by atoms with Crippen LogP contribution in [0.2, 0.25) is 0 Å². The van der Waals surface area contributed by atoms with Crippen molar-refractivity contribution in [2.75, 3.05) is 33.7 Å². The van der Waals surface area contributed by atoms with Gasteiger partial charge in [-0.05, 0) is 57.3 Å². The van der Waals surface area contributed by atoms with Gasteiger partial charge in [0.15, 0.2) is 0 Å². The number of hydrogen-bond donors (Lipinski definition) is 1. The summed E-state index contributed by atoms with van der Waals surface area (Å²) >= 11 is 0. The Bertz CT molecular complexity index is 1230. The van der Waals surface area contributed by atoms with Crippen molar-refractivity contribution in [1.29, 1.82) is 0 Å². The third-order valence-electron chi connectivity index (χ3n) is 6.46. The van der Waals surface area contributed by atoms with E-state index in [2.05, 4.69) is 10.3 Å². The highest BCUT2D eigenvalue weighted by Crippen LogP contribution is 2.25. The van der Waals surface area contributed by atoms with Crippen molar-refractivity contribution in [1.82, 2.24) is 24.1 Å². The van der Waals surface area contributed by atoms with Crippen LogP contribution in [0.1, 0.15) is 43.3 Å². The SMILES string of the molecule is CN(C)C(CNC(=O)CCc1nc2cc(S(=O)(=O)N3CCCCC3)ccc2n1C)c1ccco1. The summed E-state index contributed by atoms with van der Waals surface area (Å²) in [4.78, 5) is 19.4. The van der Waals surface area contributed by atoms with Crippen molar-refractivity contribution < 1.29 is 17.6 Å². The van der Waals surface area contributed by atoms with E-state index in [1.165, 1.54) is 0 Å². The van der Waals surface area contributed by atoms with Crippen molar-refractivity contribution in [2.24, 2.45) is 7.05 Å². The fourth-order valence-corrected chi connectivity index (χ4v) is 5.95. The van der Waals surface area contributed by atoms with Gasteiger partial charge in [-0.15, -0.1) is 0 Å². The average molecular weight is 488 g/mol. The summed E-state index contributed by atoms with van der Waals surface area (Å²) in [5.41, 5.74) is 1.47. The summed E-state index contributed by atoms with van der Waals surface area (Å²) in [6.45, 7) is 1.58. The summed E-state index contributed by atoms with van der Waals surface area (Å²) in [6, 6.07) is 8.79. The van der Waals surface area contributed by atoms with Crippen LogP contribution < -0.4 is 5.32 Å². The van der Waals surface area contributed by atoms with E-state index in [-0.39, 0.29) is 23.3 Å². The van der Waals surface area contributed by atoms with E-state index in [1.54, 1.807) is 28.8 Å². The maximum atomic E-state index is 13.0. The fraction of sp³-hybridized carbons (Fsp3) is 0.500. The summed E-state index contributed by atoms with van der Waals surface area (Å²) in [5.74, 6) is 1.47. The highest BCUT2D eigenvalue weighted by molar-refractivity contribution is 7.89. The van der Waals surface area contributed by atoms with Crippen molar-refractivity contribution in [3.63, 3.8) is 0 Å². The number of fused-ring (bicyclic) bond motifs is 1. The van der Waals surface area contributed by atoms with E-state index in [0.717, 1.165) is 36.4 Å². The zero-order valence-corrected chi connectivity index (χ0v) is 20.8. The molecule has 1 N–H and O–H groups in total. The molecule has 0 saturated carbocycles. The van der Waals surface area contributed by atoms with Crippen LogP contribution in [0.25, 0.3) is 11.0 Å². The van der Waals surface area contributed by atoms with Crippen LogP contribution in [0.3, 0.4) is 0 Å². The molecular weight excluding hydrogens is 454 g/mol. The molecule has 3 heterocycles. The predicted octanol–water partition coefficient (Wildman–Crippen LogP) is 2.69. The topological polar surface area (TPSA) is 101 Å². The molecule has 1 aliphatic heterocycles. The van der Waals surface area contributed by atoms with Gasteiger partial charge < -0.3 is 14.3 Å². The Morgan fingerprint density at radius 2 is 1.97 bits per heavy atom. The van der Waals surface area contributed by atoms with Gasteiger partial charge in [-0.2, -0.15) is 4.31 Å². The second kappa shape index (κ2) is 10.3. The van der Waals surface area contributed by atoms with Crippen LogP contribution in [0.4, 0.5) is 0 Å². The first kappa shape index (κ1) is 24.4. The van der Waals surface area contributed by atoms with Gasteiger partial charge in [-0.25, -0.2) is 13.4 Å². The molecular formula is C24H33N5O4S. The van der Waals surface area contributed by atoms with E-state index < -0.39 is 10.0 Å².